The number of thioether (sulfide) groups is 1. The van der Waals surface area contributed by atoms with Crippen molar-refractivity contribution in [3.63, 3.8) is 0 Å². The molecule has 1 unspecified atom stereocenters. The monoisotopic (exact) mass is 224 g/mol. The van der Waals surface area contributed by atoms with Gasteiger partial charge in [0.05, 0.1) is 6.54 Å². The molecule has 0 bridgehead atoms. The van der Waals surface area contributed by atoms with E-state index in [0.29, 0.717) is 17.4 Å². The number of hydrogen-bond donors (Lipinski definition) is 1. The molecule has 0 saturated heterocycles. The Bertz CT molecular complexity index is 379. The fourth-order valence-electron chi connectivity index (χ4n) is 1.39. The van der Waals surface area contributed by atoms with Crippen LogP contribution >= 0.6 is 11.8 Å². The van der Waals surface area contributed by atoms with Gasteiger partial charge in [0.15, 0.2) is 5.17 Å². The van der Waals surface area contributed by atoms with Gasteiger partial charge in [-0.05, 0) is 6.07 Å². The topological polar surface area (TPSA) is 24.4 Å². The number of nitrogens with zero attached hydrogens (tertiary/aromatic N) is 1. The highest BCUT2D eigenvalue weighted by atomic mass is 32.2. The number of benzene rings is 1. The first-order chi connectivity index (χ1) is 7.25. The van der Waals surface area contributed by atoms with Crippen LogP contribution in [0.4, 0.5) is 4.39 Å². The van der Waals surface area contributed by atoms with Crippen molar-refractivity contribution in [1.82, 2.24) is 5.32 Å². The van der Waals surface area contributed by atoms with E-state index in [2.05, 4.69) is 17.2 Å². The molecule has 1 heterocycles. The van der Waals surface area contributed by atoms with Crippen LogP contribution in [0.1, 0.15) is 12.5 Å². The summed E-state index contributed by atoms with van der Waals surface area (Å²) in [5.41, 5.74) is 0.681. The standard InChI is InChI=1S/C11H13FN2S/c1-8-6-13-11(15-8)14-7-9-4-2-3-5-10(9)12/h2-5,8H,6-7H2,1H3,(H,13,14). The molecule has 0 spiro atoms. The van der Waals surface area contributed by atoms with Crippen molar-refractivity contribution in [2.45, 2.75) is 18.7 Å². The zero-order valence-corrected chi connectivity index (χ0v) is 9.35. The van der Waals surface area contributed by atoms with Gasteiger partial charge in [-0.15, -0.1) is 0 Å². The third-order valence-electron chi connectivity index (χ3n) is 2.19. The first-order valence-corrected chi connectivity index (χ1v) is 5.82. The van der Waals surface area contributed by atoms with Crippen molar-refractivity contribution < 1.29 is 4.39 Å². The van der Waals surface area contributed by atoms with Gasteiger partial charge >= 0.3 is 0 Å². The van der Waals surface area contributed by atoms with Crippen LogP contribution in [0.25, 0.3) is 0 Å². The van der Waals surface area contributed by atoms with E-state index in [0.717, 1.165) is 11.7 Å². The number of aliphatic imine (C=N–C) groups is 1. The Labute approximate surface area is 93.0 Å². The number of halogens is 1. The Morgan fingerprint density at radius 2 is 2.33 bits per heavy atom. The highest BCUT2D eigenvalue weighted by Crippen LogP contribution is 2.18. The van der Waals surface area contributed by atoms with E-state index in [4.69, 9.17) is 0 Å². The van der Waals surface area contributed by atoms with Crippen LogP contribution in [0.2, 0.25) is 0 Å². The molecule has 0 saturated carbocycles. The Hall–Kier alpha value is -1.03. The molecule has 15 heavy (non-hydrogen) atoms. The van der Waals surface area contributed by atoms with Crippen LogP contribution in [-0.2, 0) is 6.54 Å². The maximum atomic E-state index is 13.3. The molecule has 1 N–H and O–H groups in total. The second-order valence-corrected chi connectivity index (χ2v) is 4.95. The molecule has 1 aliphatic rings. The number of rotatable bonds is 2. The summed E-state index contributed by atoms with van der Waals surface area (Å²) in [7, 11) is 0. The first kappa shape index (κ1) is 10.5. The van der Waals surface area contributed by atoms with Crippen LogP contribution in [-0.4, -0.2) is 17.0 Å². The van der Waals surface area contributed by atoms with Gasteiger partial charge in [0.1, 0.15) is 5.82 Å². The van der Waals surface area contributed by atoms with Crippen molar-refractivity contribution in [3.05, 3.63) is 35.6 Å². The largest absolute Gasteiger partial charge is 0.361 e. The fourth-order valence-corrected chi connectivity index (χ4v) is 2.22. The second-order valence-electron chi connectivity index (χ2n) is 3.52. The molecule has 1 aromatic rings. The molecule has 2 nitrogen and oxygen atoms in total. The van der Waals surface area contributed by atoms with Gasteiger partial charge < -0.3 is 5.32 Å². The van der Waals surface area contributed by atoms with E-state index in [-0.39, 0.29) is 5.82 Å². The second kappa shape index (κ2) is 4.66. The molecular formula is C11H13FN2S. The van der Waals surface area contributed by atoms with Gasteiger partial charge in [-0.2, -0.15) is 0 Å². The van der Waals surface area contributed by atoms with E-state index in [1.165, 1.54) is 6.07 Å². The minimum Gasteiger partial charge on any atom is -0.361 e. The quantitative estimate of drug-likeness (QED) is 0.834. The average Bonchev–Trinajstić information content (AvgIpc) is 2.63. The molecule has 4 heteroatoms. The van der Waals surface area contributed by atoms with Crippen LogP contribution in [0.15, 0.2) is 29.3 Å². The van der Waals surface area contributed by atoms with E-state index in [1.807, 2.05) is 6.07 Å². The minimum atomic E-state index is -0.165. The Balaban J connectivity index is 1.91. The Morgan fingerprint density at radius 3 is 3.00 bits per heavy atom. The van der Waals surface area contributed by atoms with Gasteiger partial charge in [0.25, 0.3) is 0 Å². The van der Waals surface area contributed by atoms with E-state index in [9.17, 15) is 4.39 Å². The number of nitrogens with one attached hydrogen (secondary N) is 1. The zero-order chi connectivity index (χ0) is 10.7. The summed E-state index contributed by atoms with van der Waals surface area (Å²) in [5, 5.41) is 4.60. The van der Waals surface area contributed by atoms with E-state index in [1.54, 1.807) is 23.9 Å². The molecule has 1 aliphatic heterocycles. The van der Waals surface area contributed by atoms with Gasteiger partial charge in [0, 0.05) is 17.4 Å². The lowest BCUT2D eigenvalue weighted by Crippen LogP contribution is -2.19. The third kappa shape index (κ3) is 2.72. The predicted octanol–water partition coefficient (Wildman–Crippen LogP) is 2.41. The maximum absolute atomic E-state index is 13.3. The highest BCUT2D eigenvalue weighted by Gasteiger charge is 2.14. The third-order valence-corrected chi connectivity index (χ3v) is 3.24. The van der Waals surface area contributed by atoms with Crippen LogP contribution in [0.3, 0.4) is 0 Å². The lowest BCUT2D eigenvalue weighted by molar-refractivity contribution is 0.606. The summed E-state index contributed by atoms with van der Waals surface area (Å²) >= 11 is 1.71. The van der Waals surface area contributed by atoms with Crippen molar-refractivity contribution in [3.8, 4) is 0 Å². The molecule has 80 valence electrons. The Morgan fingerprint density at radius 1 is 1.53 bits per heavy atom. The highest BCUT2D eigenvalue weighted by molar-refractivity contribution is 8.14. The SMILES string of the molecule is CC1CN=C(NCc2ccccc2F)S1. The smallest absolute Gasteiger partial charge is 0.157 e. The number of hydrogen-bond acceptors (Lipinski definition) is 3. The maximum Gasteiger partial charge on any atom is 0.157 e. The molecule has 1 atom stereocenters. The summed E-state index contributed by atoms with van der Waals surface area (Å²) in [5.74, 6) is -0.165. The summed E-state index contributed by atoms with van der Waals surface area (Å²) < 4.78 is 13.3. The lowest BCUT2D eigenvalue weighted by Gasteiger charge is -2.06. The normalized spacial score (nSPS) is 20.1. The molecule has 2 rings (SSSR count). The average molecular weight is 224 g/mol. The molecular weight excluding hydrogens is 211 g/mol. The molecule has 0 aliphatic carbocycles. The van der Waals surface area contributed by atoms with Crippen LogP contribution in [0, 0.1) is 5.82 Å². The van der Waals surface area contributed by atoms with Crippen molar-refractivity contribution in [2.24, 2.45) is 4.99 Å². The minimum absolute atomic E-state index is 0.165. The molecule has 0 aromatic heterocycles. The van der Waals surface area contributed by atoms with Crippen LogP contribution < -0.4 is 5.32 Å². The van der Waals surface area contributed by atoms with Gasteiger partial charge in [-0.3, -0.25) is 4.99 Å². The van der Waals surface area contributed by atoms with Gasteiger partial charge in [-0.1, -0.05) is 36.9 Å². The van der Waals surface area contributed by atoms with Gasteiger partial charge in [-0.25, -0.2) is 4.39 Å². The first-order valence-electron chi connectivity index (χ1n) is 4.94. The summed E-state index contributed by atoms with van der Waals surface area (Å²) in [4.78, 5) is 4.31. The van der Waals surface area contributed by atoms with E-state index < -0.39 is 0 Å². The van der Waals surface area contributed by atoms with Crippen molar-refractivity contribution in [1.29, 1.82) is 0 Å². The molecule has 0 radical (unpaired) electrons. The number of amidine groups is 1. The molecule has 0 amide bonds. The summed E-state index contributed by atoms with van der Waals surface area (Å²) in [6.45, 7) is 3.49. The van der Waals surface area contributed by atoms with Crippen molar-refractivity contribution in [2.75, 3.05) is 6.54 Å². The van der Waals surface area contributed by atoms with Crippen LogP contribution in [0.5, 0.6) is 0 Å². The molecule has 1 aromatic carbocycles. The van der Waals surface area contributed by atoms with Crippen molar-refractivity contribution >= 4 is 16.9 Å². The Kier molecular flexibility index (Phi) is 3.26. The summed E-state index contributed by atoms with van der Waals surface area (Å²) in [6.07, 6.45) is 0. The molecule has 0 fully saturated rings. The predicted molar refractivity (Wildman–Crippen MR) is 62.6 cm³/mol. The van der Waals surface area contributed by atoms with E-state index >= 15 is 0 Å². The lowest BCUT2D eigenvalue weighted by atomic mass is 10.2. The van der Waals surface area contributed by atoms with Gasteiger partial charge in [0.2, 0.25) is 0 Å². The zero-order valence-electron chi connectivity index (χ0n) is 8.53. The summed E-state index contributed by atoms with van der Waals surface area (Å²) in [6, 6.07) is 6.80. The fraction of sp³-hybridized carbons (Fsp3) is 0.364.